The molecule has 12 heteroatoms. The summed E-state index contributed by atoms with van der Waals surface area (Å²) in [6, 6.07) is 9.85. The van der Waals surface area contributed by atoms with E-state index in [0.29, 0.717) is 23.0 Å². The molecule has 1 fully saturated rings. The number of fused-ring (bicyclic) bond motifs is 1. The fourth-order valence-electron chi connectivity index (χ4n) is 3.97. The zero-order valence-electron chi connectivity index (χ0n) is 21.1. The molecule has 1 aliphatic heterocycles. The van der Waals surface area contributed by atoms with Crippen molar-refractivity contribution in [3.05, 3.63) is 66.0 Å². The minimum Gasteiger partial charge on any atom is -0.456 e. The van der Waals surface area contributed by atoms with E-state index < -0.39 is 17.6 Å². The standard InChI is InChI=1S/C24H22F3N7O2.C2H6/c1-34-22-20(21(33-34)31-16-7-9-28-13-16)18(8-11-30-22)36-17-4-2-14(3-5-17)23(35)32-19-12-15(6-10-29-19)24(25,26)27;1-2/h2-6,8,10-12,16,28H,7,9,13H2,1H3,(H,31,33)(H,29,32,35);1-2H3. The number of carbonyl (C=O) groups excluding carboxylic acids is 1. The number of nitrogens with one attached hydrogen (secondary N) is 3. The van der Waals surface area contributed by atoms with Gasteiger partial charge >= 0.3 is 6.18 Å². The Hall–Kier alpha value is -4.19. The van der Waals surface area contributed by atoms with Crippen LogP contribution in [-0.2, 0) is 13.2 Å². The zero-order valence-corrected chi connectivity index (χ0v) is 21.1. The van der Waals surface area contributed by atoms with Gasteiger partial charge in [-0.15, -0.1) is 0 Å². The van der Waals surface area contributed by atoms with Crippen LogP contribution in [0.4, 0.5) is 24.8 Å². The Labute approximate surface area is 217 Å². The van der Waals surface area contributed by atoms with Crippen molar-refractivity contribution in [1.29, 1.82) is 0 Å². The van der Waals surface area contributed by atoms with E-state index in [1.807, 2.05) is 20.9 Å². The number of nitrogens with zero attached hydrogens (tertiary/aromatic N) is 4. The predicted molar refractivity (Wildman–Crippen MR) is 138 cm³/mol. The van der Waals surface area contributed by atoms with Crippen molar-refractivity contribution in [2.75, 3.05) is 23.7 Å². The molecule has 1 saturated heterocycles. The summed E-state index contributed by atoms with van der Waals surface area (Å²) in [4.78, 5) is 20.7. The van der Waals surface area contributed by atoms with Gasteiger partial charge in [0.15, 0.2) is 11.5 Å². The van der Waals surface area contributed by atoms with Crippen LogP contribution in [0, 0.1) is 0 Å². The van der Waals surface area contributed by atoms with Crippen LogP contribution in [0.1, 0.15) is 36.2 Å². The second kappa shape index (κ2) is 11.5. The fourth-order valence-corrected chi connectivity index (χ4v) is 3.97. The van der Waals surface area contributed by atoms with Gasteiger partial charge in [-0.1, -0.05) is 13.8 Å². The van der Waals surface area contributed by atoms with E-state index >= 15 is 0 Å². The van der Waals surface area contributed by atoms with Crippen molar-refractivity contribution in [2.24, 2.45) is 7.05 Å². The second-order valence-electron chi connectivity index (χ2n) is 8.32. The minimum atomic E-state index is -4.53. The Bertz CT molecular complexity index is 1400. The van der Waals surface area contributed by atoms with Crippen LogP contribution in [0.25, 0.3) is 11.0 Å². The molecule has 4 aromatic rings. The topological polar surface area (TPSA) is 106 Å². The average Bonchev–Trinajstić information content (AvgIpc) is 3.54. The van der Waals surface area contributed by atoms with Crippen molar-refractivity contribution in [1.82, 2.24) is 25.1 Å². The number of aryl methyl sites for hydroxylation is 1. The molecule has 0 saturated carbocycles. The van der Waals surface area contributed by atoms with Gasteiger partial charge in [0.05, 0.1) is 5.56 Å². The molecule has 3 aromatic heterocycles. The Morgan fingerprint density at radius 3 is 2.53 bits per heavy atom. The highest BCUT2D eigenvalue weighted by atomic mass is 19.4. The van der Waals surface area contributed by atoms with E-state index in [1.165, 1.54) is 12.1 Å². The van der Waals surface area contributed by atoms with Crippen LogP contribution >= 0.6 is 0 Å². The summed E-state index contributed by atoms with van der Waals surface area (Å²) in [6.07, 6.45) is -0.925. The van der Waals surface area contributed by atoms with Crippen molar-refractivity contribution in [3.8, 4) is 11.5 Å². The molecule has 0 spiro atoms. The van der Waals surface area contributed by atoms with Crippen LogP contribution in [0.15, 0.2) is 54.9 Å². The number of rotatable bonds is 6. The van der Waals surface area contributed by atoms with E-state index in [0.717, 1.165) is 43.2 Å². The molecule has 1 aliphatic rings. The predicted octanol–water partition coefficient (Wildman–Crippen LogP) is 5.23. The first-order valence-corrected chi connectivity index (χ1v) is 12.2. The lowest BCUT2D eigenvalue weighted by molar-refractivity contribution is -0.137. The van der Waals surface area contributed by atoms with E-state index in [-0.39, 0.29) is 17.4 Å². The van der Waals surface area contributed by atoms with Crippen molar-refractivity contribution in [3.63, 3.8) is 0 Å². The molecule has 3 N–H and O–H groups in total. The average molecular weight is 528 g/mol. The smallest absolute Gasteiger partial charge is 0.416 e. The number of hydrogen-bond donors (Lipinski definition) is 3. The Morgan fingerprint density at radius 1 is 1.11 bits per heavy atom. The third-order valence-corrected chi connectivity index (χ3v) is 5.76. The van der Waals surface area contributed by atoms with Crippen molar-refractivity contribution >= 4 is 28.6 Å². The highest BCUT2D eigenvalue weighted by Crippen LogP contribution is 2.34. The summed E-state index contributed by atoms with van der Waals surface area (Å²) in [5, 5.41) is 14.4. The third kappa shape index (κ3) is 6.02. The number of anilines is 2. The largest absolute Gasteiger partial charge is 0.456 e. The van der Waals surface area contributed by atoms with Crippen LogP contribution < -0.4 is 20.7 Å². The molecule has 0 aliphatic carbocycles. The second-order valence-corrected chi connectivity index (χ2v) is 8.32. The lowest BCUT2D eigenvalue weighted by Gasteiger charge is -2.12. The van der Waals surface area contributed by atoms with Gasteiger partial charge in [0, 0.05) is 43.7 Å². The van der Waals surface area contributed by atoms with Gasteiger partial charge in [-0.05, 0) is 49.4 Å². The summed E-state index contributed by atoms with van der Waals surface area (Å²) < 4.78 is 46.5. The number of alkyl halides is 3. The van der Waals surface area contributed by atoms with E-state index in [4.69, 9.17) is 4.74 Å². The molecule has 5 rings (SSSR count). The lowest BCUT2D eigenvalue weighted by atomic mass is 10.2. The van der Waals surface area contributed by atoms with Gasteiger partial charge in [-0.3, -0.25) is 4.79 Å². The highest BCUT2D eigenvalue weighted by Gasteiger charge is 2.31. The number of halogens is 3. The SMILES string of the molecule is CC.Cn1nc(NC2CCNC2)c2c(Oc3ccc(C(=O)Nc4cc(C(F)(F)F)ccn4)cc3)ccnc21. The highest BCUT2D eigenvalue weighted by molar-refractivity contribution is 6.03. The molecular formula is C26H28F3N7O2. The normalized spacial score (nSPS) is 15.1. The maximum atomic E-state index is 12.9. The number of carbonyl (C=O) groups is 1. The van der Waals surface area contributed by atoms with Crippen molar-refractivity contribution < 1.29 is 22.7 Å². The molecule has 9 nitrogen and oxygen atoms in total. The van der Waals surface area contributed by atoms with Crippen LogP contribution in [-0.4, -0.2) is 44.8 Å². The first-order valence-electron chi connectivity index (χ1n) is 12.2. The lowest BCUT2D eigenvalue weighted by Crippen LogP contribution is -2.22. The van der Waals surface area contributed by atoms with Gasteiger partial charge in [-0.2, -0.15) is 18.3 Å². The molecule has 1 amide bonds. The molecule has 4 heterocycles. The van der Waals surface area contributed by atoms with Crippen LogP contribution in [0.2, 0.25) is 0 Å². The monoisotopic (exact) mass is 527 g/mol. The molecule has 1 aromatic carbocycles. The summed E-state index contributed by atoms with van der Waals surface area (Å²) in [7, 11) is 1.81. The summed E-state index contributed by atoms with van der Waals surface area (Å²) in [5.74, 6) is 0.904. The third-order valence-electron chi connectivity index (χ3n) is 5.76. The maximum Gasteiger partial charge on any atom is 0.416 e. The Kier molecular flexibility index (Phi) is 8.10. The number of benzene rings is 1. The molecule has 1 unspecified atom stereocenters. The summed E-state index contributed by atoms with van der Waals surface area (Å²) in [5.41, 5.74) is -0.00175. The fraction of sp³-hybridized carbons (Fsp3) is 0.308. The molecular weight excluding hydrogens is 499 g/mol. The summed E-state index contributed by atoms with van der Waals surface area (Å²) in [6.45, 7) is 5.78. The Morgan fingerprint density at radius 2 is 1.84 bits per heavy atom. The maximum absolute atomic E-state index is 12.9. The van der Waals surface area contributed by atoms with Gasteiger partial charge < -0.3 is 20.7 Å². The van der Waals surface area contributed by atoms with Gasteiger partial charge in [0.1, 0.15) is 22.7 Å². The number of aromatic nitrogens is 4. The van der Waals surface area contributed by atoms with E-state index in [1.54, 1.807) is 29.1 Å². The van der Waals surface area contributed by atoms with Gasteiger partial charge in [-0.25, -0.2) is 14.6 Å². The van der Waals surface area contributed by atoms with Crippen molar-refractivity contribution in [2.45, 2.75) is 32.5 Å². The van der Waals surface area contributed by atoms with Crippen LogP contribution in [0.3, 0.4) is 0 Å². The number of hydrogen-bond acceptors (Lipinski definition) is 7. The zero-order chi connectivity index (χ0) is 27.3. The number of pyridine rings is 2. The molecule has 0 bridgehead atoms. The number of ether oxygens (including phenoxy) is 1. The minimum absolute atomic E-state index is 0.191. The Balaban J connectivity index is 0.00000164. The van der Waals surface area contributed by atoms with E-state index in [2.05, 4.69) is 31.0 Å². The van der Waals surface area contributed by atoms with Gasteiger partial charge in [0.25, 0.3) is 5.91 Å². The quantitative estimate of drug-likeness (QED) is 0.315. The number of amides is 1. The van der Waals surface area contributed by atoms with Crippen LogP contribution in [0.5, 0.6) is 11.5 Å². The molecule has 0 radical (unpaired) electrons. The van der Waals surface area contributed by atoms with Gasteiger partial charge in [0.2, 0.25) is 0 Å². The van der Waals surface area contributed by atoms with E-state index in [9.17, 15) is 18.0 Å². The molecule has 200 valence electrons. The first kappa shape index (κ1) is 26.9. The molecule has 38 heavy (non-hydrogen) atoms. The summed E-state index contributed by atoms with van der Waals surface area (Å²) >= 11 is 0. The molecule has 1 atom stereocenters. The first-order chi connectivity index (χ1) is 18.3.